The van der Waals surface area contributed by atoms with Crippen LogP contribution in [0.4, 0.5) is 5.82 Å². The van der Waals surface area contributed by atoms with E-state index >= 15 is 0 Å². The van der Waals surface area contributed by atoms with E-state index in [1.54, 1.807) is 5.56 Å². The summed E-state index contributed by atoms with van der Waals surface area (Å²) in [4.78, 5) is 2.55. The summed E-state index contributed by atoms with van der Waals surface area (Å²) in [5, 5.41) is 1.44. The van der Waals surface area contributed by atoms with Gasteiger partial charge in [0.1, 0.15) is 5.82 Å². The molecule has 3 aliphatic rings. The summed E-state index contributed by atoms with van der Waals surface area (Å²) in [5.74, 6) is 2.23. The second-order valence-corrected chi connectivity index (χ2v) is 5.61. The summed E-state index contributed by atoms with van der Waals surface area (Å²) in [7, 11) is 2.20. The molecule has 0 spiro atoms. The Morgan fingerprint density at radius 2 is 2.06 bits per heavy atom. The third-order valence-corrected chi connectivity index (χ3v) is 4.71. The molecule has 0 aliphatic carbocycles. The molecule has 1 fully saturated rings. The van der Waals surface area contributed by atoms with E-state index in [9.17, 15) is 0 Å². The van der Waals surface area contributed by atoms with E-state index in [0.717, 1.165) is 5.92 Å². The first-order chi connectivity index (χ1) is 8.79. The van der Waals surface area contributed by atoms with Crippen LogP contribution in [0.5, 0.6) is 0 Å². The van der Waals surface area contributed by atoms with Gasteiger partial charge in [0.2, 0.25) is 0 Å². The fourth-order valence-electron chi connectivity index (χ4n) is 3.80. The van der Waals surface area contributed by atoms with Crippen molar-refractivity contribution in [3.63, 3.8) is 0 Å². The summed E-state index contributed by atoms with van der Waals surface area (Å²) in [6.45, 7) is 3.09. The molecule has 5 rings (SSSR count). The fourth-order valence-corrected chi connectivity index (χ4v) is 3.80. The largest absolute Gasteiger partial charge is 0.358 e. The van der Waals surface area contributed by atoms with Crippen LogP contribution in [0.3, 0.4) is 0 Å². The normalized spacial score (nSPS) is 18.7. The number of fused-ring (bicyclic) bond motifs is 3. The lowest BCUT2D eigenvalue weighted by atomic mass is 9.84. The molecule has 0 radical (unpaired) electrons. The standard InChI is InChI=1S/C15H19N3/c1-17-13-3-2-10(9-16)8-12(13)14-11-4-6-18(7-5-11)15(14)17/h2-3,8,11H,4-7,9,16H2,1H3. The minimum atomic E-state index is 0.633. The van der Waals surface area contributed by atoms with Gasteiger partial charge in [0, 0.05) is 43.1 Å². The van der Waals surface area contributed by atoms with Crippen LogP contribution in [0.1, 0.15) is 29.9 Å². The van der Waals surface area contributed by atoms with Crippen LogP contribution in [-0.2, 0) is 13.6 Å². The van der Waals surface area contributed by atoms with E-state index in [1.807, 2.05) is 0 Å². The number of aryl methyl sites for hydroxylation is 1. The lowest BCUT2D eigenvalue weighted by Gasteiger charge is -2.41. The van der Waals surface area contributed by atoms with Crippen LogP contribution < -0.4 is 10.6 Å². The van der Waals surface area contributed by atoms with Crippen molar-refractivity contribution in [2.75, 3.05) is 18.0 Å². The fraction of sp³-hybridized carbons (Fsp3) is 0.467. The highest BCUT2D eigenvalue weighted by Crippen LogP contribution is 2.47. The molecule has 1 saturated heterocycles. The first-order valence-corrected chi connectivity index (χ1v) is 6.86. The average molecular weight is 241 g/mol. The molecule has 3 nitrogen and oxygen atoms in total. The minimum Gasteiger partial charge on any atom is -0.358 e. The Labute approximate surface area is 107 Å². The van der Waals surface area contributed by atoms with Crippen molar-refractivity contribution in [3.8, 4) is 0 Å². The van der Waals surface area contributed by atoms with Crippen LogP contribution >= 0.6 is 0 Å². The Bertz CT molecular complexity index is 618. The SMILES string of the molecule is Cn1c2c(c3cc(CN)ccc31)C1CCN2CC1. The third kappa shape index (κ3) is 1.18. The van der Waals surface area contributed by atoms with Gasteiger partial charge in [-0.15, -0.1) is 0 Å². The number of aromatic nitrogens is 1. The lowest BCUT2D eigenvalue weighted by molar-refractivity contribution is 0.469. The van der Waals surface area contributed by atoms with Crippen LogP contribution in [0.15, 0.2) is 18.2 Å². The molecule has 2 N–H and O–H groups in total. The molecular formula is C15H19N3. The maximum atomic E-state index is 5.78. The van der Waals surface area contributed by atoms with Crippen molar-refractivity contribution >= 4 is 16.7 Å². The van der Waals surface area contributed by atoms with Gasteiger partial charge >= 0.3 is 0 Å². The van der Waals surface area contributed by atoms with Gasteiger partial charge in [-0.3, -0.25) is 0 Å². The molecule has 2 aromatic rings. The van der Waals surface area contributed by atoms with Gasteiger partial charge in [0.15, 0.2) is 0 Å². The number of hydrogen-bond donors (Lipinski definition) is 1. The van der Waals surface area contributed by atoms with E-state index in [0.29, 0.717) is 6.54 Å². The Kier molecular flexibility index (Phi) is 2.04. The van der Waals surface area contributed by atoms with Gasteiger partial charge in [-0.25, -0.2) is 0 Å². The molecule has 0 amide bonds. The monoisotopic (exact) mass is 241 g/mol. The number of piperidine rings is 1. The summed E-state index contributed by atoms with van der Waals surface area (Å²) in [6, 6.07) is 6.69. The zero-order chi connectivity index (χ0) is 12.3. The number of rotatable bonds is 1. The first kappa shape index (κ1) is 10.4. The number of benzene rings is 1. The Hall–Kier alpha value is -1.48. The number of hydrogen-bond acceptors (Lipinski definition) is 2. The number of nitrogens with zero attached hydrogens (tertiary/aromatic N) is 2. The Morgan fingerprint density at radius 1 is 1.28 bits per heavy atom. The lowest BCUT2D eigenvalue weighted by Crippen LogP contribution is -2.39. The highest BCUT2D eigenvalue weighted by molar-refractivity contribution is 5.92. The van der Waals surface area contributed by atoms with Crippen LogP contribution in [0, 0.1) is 0 Å². The minimum absolute atomic E-state index is 0.633. The molecule has 3 heteroatoms. The van der Waals surface area contributed by atoms with Crippen molar-refractivity contribution in [2.24, 2.45) is 12.8 Å². The predicted octanol–water partition coefficient (Wildman–Crippen LogP) is 2.33. The maximum Gasteiger partial charge on any atom is 0.112 e. The predicted molar refractivity (Wildman–Crippen MR) is 75.0 cm³/mol. The molecule has 3 aliphatic heterocycles. The molecule has 2 bridgehead atoms. The topological polar surface area (TPSA) is 34.2 Å². The molecule has 18 heavy (non-hydrogen) atoms. The molecule has 4 heterocycles. The molecular weight excluding hydrogens is 222 g/mol. The summed E-state index contributed by atoms with van der Waals surface area (Å²) in [5.41, 5.74) is 9.97. The zero-order valence-corrected chi connectivity index (χ0v) is 10.8. The molecule has 94 valence electrons. The zero-order valence-electron chi connectivity index (χ0n) is 10.8. The second-order valence-electron chi connectivity index (χ2n) is 5.61. The Morgan fingerprint density at radius 3 is 2.78 bits per heavy atom. The second kappa shape index (κ2) is 3.51. The van der Waals surface area contributed by atoms with Crippen LogP contribution in [0.25, 0.3) is 10.9 Å². The van der Waals surface area contributed by atoms with Crippen LogP contribution in [0.2, 0.25) is 0 Å². The Balaban J connectivity index is 2.07. The smallest absolute Gasteiger partial charge is 0.112 e. The summed E-state index contributed by atoms with van der Waals surface area (Å²) in [6.07, 6.45) is 2.64. The van der Waals surface area contributed by atoms with Gasteiger partial charge < -0.3 is 15.2 Å². The van der Waals surface area contributed by atoms with Crippen molar-refractivity contribution in [2.45, 2.75) is 25.3 Å². The summed E-state index contributed by atoms with van der Waals surface area (Å²) < 4.78 is 2.37. The van der Waals surface area contributed by atoms with Crippen molar-refractivity contribution in [1.82, 2.24) is 4.57 Å². The van der Waals surface area contributed by atoms with E-state index in [-0.39, 0.29) is 0 Å². The number of anilines is 1. The molecule has 0 unspecified atom stereocenters. The van der Waals surface area contributed by atoms with E-state index < -0.39 is 0 Å². The van der Waals surface area contributed by atoms with Gasteiger partial charge in [-0.2, -0.15) is 0 Å². The molecule has 1 aromatic carbocycles. The summed E-state index contributed by atoms with van der Waals surface area (Å²) >= 11 is 0. The van der Waals surface area contributed by atoms with Gasteiger partial charge in [0.25, 0.3) is 0 Å². The van der Waals surface area contributed by atoms with Crippen molar-refractivity contribution in [3.05, 3.63) is 29.3 Å². The van der Waals surface area contributed by atoms with Crippen molar-refractivity contribution in [1.29, 1.82) is 0 Å². The molecule has 1 aromatic heterocycles. The van der Waals surface area contributed by atoms with Gasteiger partial charge in [0.05, 0.1) is 0 Å². The van der Waals surface area contributed by atoms with Gasteiger partial charge in [-0.05, 0) is 36.5 Å². The quantitative estimate of drug-likeness (QED) is 0.831. The van der Waals surface area contributed by atoms with Crippen LogP contribution in [-0.4, -0.2) is 17.7 Å². The third-order valence-electron chi connectivity index (χ3n) is 4.71. The number of nitrogens with two attached hydrogens (primary N) is 1. The highest BCUT2D eigenvalue weighted by atomic mass is 15.3. The first-order valence-electron chi connectivity index (χ1n) is 6.86. The highest BCUT2D eigenvalue weighted by Gasteiger charge is 2.35. The van der Waals surface area contributed by atoms with E-state index in [1.165, 1.54) is 48.2 Å². The van der Waals surface area contributed by atoms with E-state index in [4.69, 9.17) is 5.73 Å². The molecule has 0 atom stereocenters. The van der Waals surface area contributed by atoms with Gasteiger partial charge in [-0.1, -0.05) is 6.07 Å². The maximum absolute atomic E-state index is 5.78. The van der Waals surface area contributed by atoms with E-state index in [2.05, 4.69) is 34.7 Å². The molecule has 0 saturated carbocycles. The van der Waals surface area contributed by atoms with Crippen molar-refractivity contribution < 1.29 is 0 Å². The average Bonchev–Trinajstić information content (AvgIpc) is 2.76.